The predicted octanol–water partition coefficient (Wildman–Crippen LogP) is 4.19. The highest BCUT2D eigenvalue weighted by molar-refractivity contribution is 8.00. The number of aromatic nitrogens is 2. The number of para-hydroxylation sites is 2. The van der Waals surface area contributed by atoms with Gasteiger partial charge in [-0.25, -0.2) is 9.97 Å². The molecule has 0 atom stereocenters. The summed E-state index contributed by atoms with van der Waals surface area (Å²) in [6, 6.07) is 17.6. The lowest BCUT2D eigenvalue weighted by Gasteiger charge is -2.37. The summed E-state index contributed by atoms with van der Waals surface area (Å²) in [4.78, 5) is 26.0. The van der Waals surface area contributed by atoms with Crippen LogP contribution >= 0.6 is 23.4 Å². The number of carbonyl (C=O) groups is 1. The number of carbonyl (C=O) groups excluding carboxylic acids is 1. The monoisotopic (exact) mass is 439 g/mol. The van der Waals surface area contributed by atoms with Crippen molar-refractivity contribution < 1.29 is 4.79 Å². The summed E-state index contributed by atoms with van der Waals surface area (Å²) in [5.41, 5.74) is 1.85. The molecule has 3 aromatic rings. The Morgan fingerprint density at radius 1 is 0.933 bits per heavy atom. The Balaban J connectivity index is 1.36. The van der Waals surface area contributed by atoms with Crippen LogP contribution in [0.5, 0.6) is 0 Å². The molecular formula is C22H22ClN5OS. The number of thioether (sulfide) groups is 1. The third-order valence-electron chi connectivity index (χ3n) is 4.84. The van der Waals surface area contributed by atoms with Crippen LogP contribution in [0.1, 0.15) is 0 Å². The van der Waals surface area contributed by atoms with Gasteiger partial charge in [0.1, 0.15) is 5.03 Å². The van der Waals surface area contributed by atoms with Crippen LogP contribution in [-0.4, -0.2) is 47.8 Å². The molecule has 0 bridgehead atoms. The lowest BCUT2D eigenvalue weighted by atomic mass is 10.2. The van der Waals surface area contributed by atoms with E-state index in [4.69, 9.17) is 11.6 Å². The van der Waals surface area contributed by atoms with Gasteiger partial charge < -0.3 is 15.1 Å². The van der Waals surface area contributed by atoms with Crippen molar-refractivity contribution in [1.82, 2.24) is 9.97 Å². The molecule has 0 radical (unpaired) electrons. The molecule has 1 aliphatic rings. The fourth-order valence-electron chi connectivity index (χ4n) is 3.33. The van der Waals surface area contributed by atoms with Gasteiger partial charge in [0.05, 0.1) is 16.5 Å². The number of hydrogen-bond acceptors (Lipinski definition) is 6. The van der Waals surface area contributed by atoms with E-state index in [1.807, 2.05) is 18.2 Å². The zero-order valence-corrected chi connectivity index (χ0v) is 17.9. The molecule has 1 aliphatic heterocycles. The second-order valence-corrected chi connectivity index (χ2v) is 8.18. The maximum atomic E-state index is 12.4. The topological polar surface area (TPSA) is 61.4 Å². The van der Waals surface area contributed by atoms with Crippen LogP contribution in [0.4, 0.5) is 17.2 Å². The van der Waals surface area contributed by atoms with Crippen LogP contribution in [0.2, 0.25) is 5.02 Å². The summed E-state index contributed by atoms with van der Waals surface area (Å²) in [7, 11) is 0. The van der Waals surface area contributed by atoms with Crippen LogP contribution in [0.3, 0.4) is 0 Å². The van der Waals surface area contributed by atoms with Gasteiger partial charge in [0.25, 0.3) is 0 Å². The molecule has 8 heteroatoms. The summed E-state index contributed by atoms with van der Waals surface area (Å²) in [6.07, 6.45) is 3.37. The maximum Gasteiger partial charge on any atom is 0.234 e. The minimum absolute atomic E-state index is 0.126. The maximum absolute atomic E-state index is 12.4. The molecule has 0 spiro atoms. The van der Waals surface area contributed by atoms with Crippen molar-refractivity contribution in [3.05, 3.63) is 72.0 Å². The van der Waals surface area contributed by atoms with Crippen LogP contribution in [0, 0.1) is 0 Å². The minimum atomic E-state index is -0.126. The van der Waals surface area contributed by atoms with Crippen LogP contribution in [0.25, 0.3) is 0 Å². The summed E-state index contributed by atoms with van der Waals surface area (Å²) in [5, 5.41) is 4.13. The van der Waals surface area contributed by atoms with E-state index in [2.05, 4.69) is 49.4 Å². The van der Waals surface area contributed by atoms with E-state index in [9.17, 15) is 4.79 Å². The molecule has 154 valence electrons. The van der Waals surface area contributed by atoms with Crippen molar-refractivity contribution in [1.29, 1.82) is 0 Å². The van der Waals surface area contributed by atoms with Crippen LogP contribution in [-0.2, 0) is 4.79 Å². The molecule has 6 nitrogen and oxygen atoms in total. The first kappa shape index (κ1) is 20.5. The number of anilines is 3. The molecule has 2 heterocycles. The lowest BCUT2D eigenvalue weighted by Crippen LogP contribution is -2.47. The standard InChI is InChI=1S/C22H22ClN5OS/c23-18-8-4-5-9-19(18)26-20(29)16-30-22-21(24-10-11-25-22)28-14-12-27(13-15-28)17-6-2-1-3-7-17/h1-11H,12-16H2,(H,26,29). The number of nitrogens with zero attached hydrogens (tertiary/aromatic N) is 4. The smallest absolute Gasteiger partial charge is 0.234 e. The summed E-state index contributed by atoms with van der Waals surface area (Å²) < 4.78 is 0. The Morgan fingerprint density at radius 3 is 2.37 bits per heavy atom. The van der Waals surface area contributed by atoms with Gasteiger partial charge in [-0.3, -0.25) is 4.79 Å². The first-order chi connectivity index (χ1) is 14.7. The van der Waals surface area contributed by atoms with Gasteiger partial charge in [-0.2, -0.15) is 0 Å². The summed E-state index contributed by atoms with van der Waals surface area (Å²) in [5.74, 6) is 0.945. The lowest BCUT2D eigenvalue weighted by molar-refractivity contribution is -0.113. The Bertz CT molecular complexity index is 996. The zero-order chi connectivity index (χ0) is 20.8. The number of nitrogens with one attached hydrogen (secondary N) is 1. The molecule has 2 aromatic carbocycles. The van der Waals surface area contributed by atoms with Crippen molar-refractivity contribution >= 4 is 46.5 Å². The van der Waals surface area contributed by atoms with E-state index in [1.165, 1.54) is 17.4 Å². The minimum Gasteiger partial charge on any atom is -0.368 e. The molecular weight excluding hydrogens is 418 g/mol. The number of halogens is 1. The van der Waals surface area contributed by atoms with Crippen LogP contribution in [0.15, 0.2) is 72.0 Å². The highest BCUT2D eigenvalue weighted by atomic mass is 35.5. The summed E-state index contributed by atoms with van der Waals surface area (Å²) in [6.45, 7) is 3.54. The van der Waals surface area contributed by atoms with Crippen molar-refractivity contribution in [2.45, 2.75) is 5.03 Å². The fraction of sp³-hybridized carbons (Fsp3) is 0.227. The Morgan fingerprint density at radius 2 is 1.60 bits per heavy atom. The van der Waals surface area contributed by atoms with Gasteiger partial charge in [0.15, 0.2) is 5.82 Å². The van der Waals surface area contributed by atoms with Crippen molar-refractivity contribution in [3.8, 4) is 0 Å². The molecule has 0 saturated carbocycles. The first-order valence-electron chi connectivity index (χ1n) is 9.74. The third-order valence-corrected chi connectivity index (χ3v) is 6.13. The quantitative estimate of drug-likeness (QED) is 0.581. The molecule has 0 aliphatic carbocycles. The average Bonchev–Trinajstić information content (AvgIpc) is 2.80. The van der Waals surface area contributed by atoms with Crippen molar-refractivity contribution in [2.75, 3.05) is 47.0 Å². The predicted molar refractivity (Wildman–Crippen MR) is 124 cm³/mol. The van der Waals surface area contributed by atoms with E-state index in [0.29, 0.717) is 10.7 Å². The molecule has 4 rings (SSSR count). The molecule has 30 heavy (non-hydrogen) atoms. The number of rotatable bonds is 6. The molecule has 1 aromatic heterocycles. The second kappa shape index (κ2) is 9.82. The first-order valence-corrected chi connectivity index (χ1v) is 11.1. The van der Waals surface area contributed by atoms with Gasteiger partial charge in [-0.15, -0.1) is 0 Å². The Hall–Kier alpha value is -2.77. The third kappa shape index (κ3) is 5.04. The largest absolute Gasteiger partial charge is 0.368 e. The highest BCUT2D eigenvalue weighted by Crippen LogP contribution is 2.28. The van der Waals surface area contributed by atoms with Crippen LogP contribution < -0.4 is 15.1 Å². The second-order valence-electron chi connectivity index (χ2n) is 6.81. The zero-order valence-electron chi connectivity index (χ0n) is 16.4. The SMILES string of the molecule is O=C(CSc1nccnc1N1CCN(c2ccccc2)CC1)Nc1ccccc1Cl. The van der Waals surface area contributed by atoms with Gasteiger partial charge in [0.2, 0.25) is 5.91 Å². The molecule has 1 amide bonds. The summed E-state index contributed by atoms with van der Waals surface area (Å²) >= 11 is 7.50. The van der Waals surface area contributed by atoms with E-state index in [-0.39, 0.29) is 11.7 Å². The van der Waals surface area contributed by atoms with Crippen molar-refractivity contribution in [3.63, 3.8) is 0 Å². The Kier molecular flexibility index (Phi) is 6.71. The van der Waals surface area contributed by atoms with Gasteiger partial charge in [0, 0.05) is 44.3 Å². The molecule has 1 fully saturated rings. The number of piperazine rings is 1. The Labute approximate surface area is 185 Å². The van der Waals surface area contributed by atoms with E-state index in [0.717, 1.165) is 37.0 Å². The normalized spacial score (nSPS) is 13.9. The average molecular weight is 440 g/mol. The molecule has 0 unspecified atom stereocenters. The van der Waals surface area contributed by atoms with E-state index >= 15 is 0 Å². The van der Waals surface area contributed by atoms with Gasteiger partial charge in [-0.05, 0) is 24.3 Å². The van der Waals surface area contributed by atoms with E-state index in [1.54, 1.807) is 24.5 Å². The number of amides is 1. The van der Waals surface area contributed by atoms with Gasteiger partial charge >= 0.3 is 0 Å². The highest BCUT2D eigenvalue weighted by Gasteiger charge is 2.21. The van der Waals surface area contributed by atoms with E-state index < -0.39 is 0 Å². The number of hydrogen-bond donors (Lipinski definition) is 1. The molecule has 1 N–H and O–H groups in total. The molecule has 1 saturated heterocycles. The fourth-order valence-corrected chi connectivity index (χ4v) is 4.30. The van der Waals surface area contributed by atoms with Gasteiger partial charge in [-0.1, -0.05) is 53.7 Å². The van der Waals surface area contributed by atoms with Crippen molar-refractivity contribution in [2.24, 2.45) is 0 Å². The number of benzene rings is 2.